The van der Waals surface area contributed by atoms with Gasteiger partial charge in [-0.15, -0.1) is 11.3 Å². The number of piperidine rings is 1. The molecule has 1 aliphatic rings. The molecule has 1 atom stereocenters. The largest absolute Gasteiger partial charge is 0.497 e. The average Bonchev–Trinajstić information content (AvgIpc) is 3.38. The molecule has 3 aromatic rings. The van der Waals surface area contributed by atoms with Crippen molar-refractivity contribution in [3.8, 4) is 17.0 Å². The highest BCUT2D eigenvalue weighted by Crippen LogP contribution is 2.29. The third-order valence-electron chi connectivity index (χ3n) is 5.77. The van der Waals surface area contributed by atoms with E-state index in [1.165, 1.54) is 15.6 Å². The third kappa shape index (κ3) is 8.40. The molecular weight excluding hydrogens is 595 g/mol. The summed E-state index contributed by atoms with van der Waals surface area (Å²) in [6.45, 7) is 0.305. The molecule has 0 radical (unpaired) electrons. The summed E-state index contributed by atoms with van der Waals surface area (Å²) >= 11 is 7.47. The monoisotopic (exact) mass is 619 g/mol. The first-order valence-corrected chi connectivity index (χ1v) is 14.6. The van der Waals surface area contributed by atoms with Gasteiger partial charge in [-0.25, -0.2) is 18.2 Å². The van der Waals surface area contributed by atoms with Crippen LogP contribution in [0.4, 0.5) is 18.3 Å². The zero-order chi connectivity index (χ0) is 29.5. The number of ether oxygens (including phenoxy) is 1. The summed E-state index contributed by atoms with van der Waals surface area (Å²) in [5.74, 6) is -2.62. The lowest BCUT2D eigenvalue weighted by molar-refractivity contribution is -0.192. The van der Waals surface area contributed by atoms with Crippen LogP contribution in [0.5, 0.6) is 5.75 Å². The van der Waals surface area contributed by atoms with Gasteiger partial charge < -0.3 is 15.2 Å². The number of amides is 1. The number of carbonyl (C=O) groups is 2. The van der Waals surface area contributed by atoms with E-state index in [4.69, 9.17) is 26.2 Å². The van der Waals surface area contributed by atoms with Crippen LogP contribution in [0.2, 0.25) is 5.02 Å². The van der Waals surface area contributed by atoms with Crippen LogP contribution in [0.25, 0.3) is 11.3 Å². The number of benzene rings is 2. The number of carbonyl (C=O) groups excluding carboxylic acids is 1. The van der Waals surface area contributed by atoms with Crippen LogP contribution < -0.4 is 10.1 Å². The predicted molar refractivity (Wildman–Crippen MR) is 145 cm³/mol. The second-order valence-corrected chi connectivity index (χ2v) is 11.7. The molecule has 1 saturated heterocycles. The Kier molecular flexibility index (Phi) is 10.5. The maximum atomic E-state index is 13.2. The maximum Gasteiger partial charge on any atom is 0.490 e. The first kappa shape index (κ1) is 31.3. The van der Waals surface area contributed by atoms with Crippen LogP contribution in [0.3, 0.4) is 0 Å². The number of rotatable bonds is 7. The van der Waals surface area contributed by atoms with Crippen molar-refractivity contribution in [2.24, 2.45) is 0 Å². The second-order valence-electron chi connectivity index (χ2n) is 8.53. The quantitative estimate of drug-likeness (QED) is 0.361. The van der Waals surface area contributed by atoms with E-state index in [2.05, 4.69) is 10.3 Å². The molecule has 40 heavy (non-hydrogen) atoms. The first-order chi connectivity index (χ1) is 18.8. The number of sulfonamides is 1. The van der Waals surface area contributed by atoms with Gasteiger partial charge in [0.1, 0.15) is 11.8 Å². The maximum absolute atomic E-state index is 13.2. The number of thiazole rings is 1. The third-order valence-corrected chi connectivity index (χ3v) is 8.73. The number of aliphatic carboxylic acids is 1. The van der Waals surface area contributed by atoms with Crippen molar-refractivity contribution in [1.29, 1.82) is 0 Å². The molecule has 1 aromatic heterocycles. The lowest BCUT2D eigenvalue weighted by atomic mass is 10.0. The smallest absolute Gasteiger partial charge is 0.490 e. The Balaban J connectivity index is 0.000000559. The van der Waals surface area contributed by atoms with Crippen LogP contribution in [0, 0.1) is 0 Å². The zero-order valence-corrected chi connectivity index (χ0v) is 23.4. The molecule has 1 amide bonds. The van der Waals surface area contributed by atoms with Gasteiger partial charge >= 0.3 is 12.1 Å². The van der Waals surface area contributed by atoms with Gasteiger partial charge in [-0.1, -0.05) is 36.2 Å². The molecule has 0 aliphatic carbocycles. The van der Waals surface area contributed by atoms with Crippen molar-refractivity contribution < 1.29 is 41.0 Å². The van der Waals surface area contributed by atoms with Crippen LogP contribution in [0.15, 0.2) is 53.9 Å². The van der Waals surface area contributed by atoms with Crippen molar-refractivity contribution in [3.63, 3.8) is 0 Å². The molecule has 9 nitrogen and oxygen atoms in total. The first-order valence-electron chi connectivity index (χ1n) is 11.8. The Hall–Kier alpha value is -3.20. The molecule has 0 bridgehead atoms. The SMILES string of the molecule is COc1ccc(-c2csc(NC(=O)[C@H]3CCCCN3S(=O)(=O)Cc3ccccc3Cl)n2)cc1.O=C(O)C(F)(F)F. The van der Waals surface area contributed by atoms with Gasteiger partial charge in [0.2, 0.25) is 15.9 Å². The van der Waals surface area contributed by atoms with Crippen molar-refractivity contribution >= 4 is 50.0 Å². The highest BCUT2D eigenvalue weighted by Gasteiger charge is 2.38. The van der Waals surface area contributed by atoms with Gasteiger partial charge in [0.25, 0.3) is 0 Å². The summed E-state index contributed by atoms with van der Waals surface area (Å²) in [5, 5.41) is 12.6. The van der Waals surface area contributed by atoms with E-state index in [1.54, 1.807) is 31.4 Å². The van der Waals surface area contributed by atoms with Gasteiger partial charge in [0.05, 0.1) is 18.6 Å². The van der Waals surface area contributed by atoms with Gasteiger partial charge in [-0.05, 0) is 48.7 Å². The Morgan fingerprint density at radius 1 is 1.18 bits per heavy atom. The molecule has 2 heterocycles. The van der Waals surface area contributed by atoms with E-state index >= 15 is 0 Å². The van der Waals surface area contributed by atoms with Gasteiger partial charge in [0, 0.05) is 22.5 Å². The molecular formula is C25H25ClF3N3O6S2. The van der Waals surface area contributed by atoms with Gasteiger partial charge in [-0.2, -0.15) is 17.5 Å². The van der Waals surface area contributed by atoms with E-state index in [0.29, 0.717) is 35.1 Å². The molecule has 4 rings (SSSR count). The zero-order valence-electron chi connectivity index (χ0n) is 21.0. The van der Waals surface area contributed by atoms with Crippen LogP contribution >= 0.6 is 22.9 Å². The summed E-state index contributed by atoms with van der Waals surface area (Å²) in [5.41, 5.74) is 2.15. The lowest BCUT2D eigenvalue weighted by Crippen LogP contribution is -2.50. The Morgan fingerprint density at radius 3 is 2.42 bits per heavy atom. The number of nitrogens with zero attached hydrogens (tertiary/aromatic N) is 2. The number of nitrogens with one attached hydrogen (secondary N) is 1. The van der Waals surface area contributed by atoms with Crippen molar-refractivity contribution in [1.82, 2.24) is 9.29 Å². The Bertz CT molecular complexity index is 1430. The number of aromatic nitrogens is 1. The van der Waals surface area contributed by atoms with Crippen LogP contribution in [-0.4, -0.2) is 60.6 Å². The minimum atomic E-state index is -5.08. The van der Waals surface area contributed by atoms with E-state index in [9.17, 15) is 26.4 Å². The van der Waals surface area contributed by atoms with Crippen LogP contribution in [0.1, 0.15) is 24.8 Å². The highest BCUT2D eigenvalue weighted by atomic mass is 35.5. The highest BCUT2D eigenvalue weighted by molar-refractivity contribution is 7.88. The number of carboxylic acids is 1. The topological polar surface area (TPSA) is 126 Å². The number of methoxy groups -OCH3 is 1. The van der Waals surface area contributed by atoms with E-state index in [1.807, 2.05) is 29.6 Å². The van der Waals surface area contributed by atoms with Gasteiger partial charge in [-0.3, -0.25) is 4.79 Å². The Labute approximate surface area is 237 Å². The van der Waals surface area contributed by atoms with E-state index in [0.717, 1.165) is 23.4 Å². The minimum absolute atomic E-state index is 0.241. The number of hydrogen-bond donors (Lipinski definition) is 2. The fourth-order valence-electron chi connectivity index (χ4n) is 3.81. The molecule has 15 heteroatoms. The molecule has 0 saturated carbocycles. The summed E-state index contributed by atoms with van der Waals surface area (Å²) in [4.78, 5) is 26.5. The van der Waals surface area contributed by atoms with Crippen LogP contribution in [-0.2, 0) is 25.4 Å². The van der Waals surface area contributed by atoms with Crippen molar-refractivity contribution in [2.75, 3.05) is 19.0 Å². The van der Waals surface area contributed by atoms with E-state index < -0.39 is 28.2 Å². The number of anilines is 1. The summed E-state index contributed by atoms with van der Waals surface area (Å²) in [7, 11) is -2.12. The van der Waals surface area contributed by atoms with Gasteiger partial charge in [0.15, 0.2) is 5.13 Å². The molecule has 1 fully saturated rings. The lowest BCUT2D eigenvalue weighted by Gasteiger charge is -2.33. The molecule has 2 N–H and O–H groups in total. The average molecular weight is 620 g/mol. The number of halogens is 4. The summed E-state index contributed by atoms with van der Waals surface area (Å²) < 4.78 is 64.6. The number of hydrogen-bond acceptors (Lipinski definition) is 7. The standard InChI is InChI=1S/C23H24ClN3O4S2.C2HF3O2/c1-31-18-11-9-16(10-12-18)20-14-32-23(25-20)26-22(28)21-8-4-5-13-27(21)33(29,30)15-17-6-2-3-7-19(17)24;3-2(4,5)1(6)7/h2-3,6-7,9-12,14,21H,4-5,8,13,15H2,1H3,(H,25,26,28);(H,6,7)/t21-;/m1./s1. The van der Waals surface area contributed by atoms with Crippen molar-refractivity contribution in [2.45, 2.75) is 37.2 Å². The van der Waals surface area contributed by atoms with E-state index in [-0.39, 0.29) is 11.7 Å². The molecule has 2 aromatic carbocycles. The van der Waals surface area contributed by atoms with Crippen molar-refractivity contribution in [3.05, 3.63) is 64.5 Å². The second kappa shape index (κ2) is 13.4. The molecule has 216 valence electrons. The summed E-state index contributed by atoms with van der Waals surface area (Å²) in [6, 6.07) is 13.6. The predicted octanol–water partition coefficient (Wildman–Crippen LogP) is 5.43. The Morgan fingerprint density at radius 2 is 1.82 bits per heavy atom. The molecule has 0 spiro atoms. The minimum Gasteiger partial charge on any atom is -0.497 e. The fourth-order valence-corrected chi connectivity index (χ4v) is 6.62. The number of carboxylic acid groups (broad SMARTS) is 1. The number of alkyl halides is 3. The molecule has 0 unspecified atom stereocenters. The normalized spacial score (nSPS) is 16.0. The molecule has 1 aliphatic heterocycles. The fraction of sp³-hybridized carbons (Fsp3) is 0.320. The summed E-state index contributed by atoms with van der Waals surface area (Å²) in [6.07, 6.45) is -3.13.